The molecule has 252 valence electrons. The first-order chi connectivity index (χ1) is 26.8. The van der Waals surface area contributed by atoms with E-state index in [-0.39, 0.29) is 0 Å². The van der Waals surface area contributed by atoms with Gasteiger partial charge in [-0.3, -0.25) is 9.13 Å². The van der Waals surface area contributed by atoms with Gasteiger partial charge in [-0.05, 0) is 54.6 Å². The van der Waals surface area contributed by atoms with Crippen molar-refractivity contribution in [1.82, 2.24) is 24.1 Å². The monoisotopic (exact) mass is 725 g/mol. The number of fused-ring (bicyclic) bond motifs is 10. The third-order valence-electron chi connectivity index (χ3n) is 10.6. The van der Waals surface area contributed by atoms with Crippen molar-refractivity contribution in [2.75, 3.05) is 0 Å². The van der Waals surface area contributed by atoms with Crippen LogP contribution in [0.3, 0.4) is 0 Å². The molecular weight excluding hydrogens is 699 g/mol. The highest BCUT2D eigenvalue weighted by atomic mass is 32.2. The molecule has 1 aliphatic rings. The Hall–Kier alpha value is -6.54. The molecule has 1 aliphatic heterocycles. The molecule has 4 aromatic heterocycles. The minimum absolute atomic E-state index is 0.645. The van der Waals surface area contributed by atoms with E-state index in [4.69, 9.17) is 15.0 Å². The molecular formula is C47H27N5S2. The quantitative estimate of drug-likeness (QED) is 0.181. The summed E-state index contributed by atoms with van der Waals surface area (Å²) < 4.78 is 7.32. The average Bonchev–Trinajstić information content (AvgIpc) is 3.90. The van der Waals surface area contributed by atoms with Gasteiger partial charge in [-0.15, -0.1) is 11.3 Å². The number of thiophene rings is 1. The van der Waals surface area contributed by atoms with E-state index < -0.39 is 0 Å². The second-order valence-corrected chi connectivity index (χ2v) is 15.7. The third-order valence-corrected chi connectivity index (χ3v) is 12.9. The summed E-state index contributed by atoms with van der Waals surface area (Å²) in [4.78, 5) is 18.0. The SMILES string of the molecule is c1ccc(-c2nc(-c3ccc4c(c3)-n3c5c(cccc5c5c6ccccc6n(-c6ccccc6)c53)S4)nc(-c3cccc4c3sc3ccccc34)n2)cc1. The van der Waals surface area contributed by atoms with Crippen LogP contribution in [-0.2, 0) is 0 Å². The summed E-state index contributed by atoms with van der Waals surface area (Å²) in [5.41, 5.74) is 8.72. The Balaban J connectivity index is 1.13. The van der Waals surface area contributed by atoms with E-state index in [1.165, 1.54) is 57.2 Å². The van der Waals surface area contributed by atoms with Gasteiger partial charge in [0.15, 0.2) is 17.5 Å². The van der Waals surface area contributed by atoms with E-state index in [1.807, 2.05) is 30.0 Å². The van der Waals surface area contributed by atoms with Crippen molar-refractivity contribution >= 4 is 76.1 Å². The van der Waals surface area contributed by atoms with Crippen LogP contribution in [0.1, 0.15) is 0 Å². The fourth-order valence-electron chi connectivity index (χ4n) is 8.22. The van der Waals surface area contributed by atoms with Crippen molar-refractivity contribution < 1.29 is 0 Å². The van der Waals surface area contributed by atoms with E-state index in [0.29, 0.717) is 17.5 Å². The molecule has 0 aliphatic carbocycles. The van der Waals surface area contributed by atoms with Gasteiger partial charge >= 0.3 is 0 Å². The second kappa shape index (κ2) is 11.5. The fourth-order valence-corrected chi connectivity index (χ4v) is 10.5. The summed E-state index contributed by atoms with van der Waals surface area (Å²) in [5.74, 6) is 1.97. The minimum Gasteiger partial charge on any atom is -0.295 e. The van der Waals surface area contributed by atoms with Crippen LogP contribution in [0.2, 0.25) is 0 Å². The molecule has 12 rings (SSSR count). The number of benzene rings is 7. The van der Waals surface area contributed by atoms with Gasteiger partial charge in [-0.1, -0.05) is 121 Å². The lowest BCUT2D eigenvalue weighted by atomic mass is 10.1. The highest BCUT2D eigenvalue weighted by Crippen LogP contribution is 2.50. The van der Waals surface area contributed by atoms with E-state index in [9.17, 15) is 0 Å². The number of para-hydroxylation sites is 3. The van der Waals surface area contributed by atoms with Crippen LogP contribution in [0.5, 0.6) is 0 Å². The maximum absolute atomic E-state index is 5.27. The first-order valence-electron chi connectivity index (χ1n) is 18.0. The molecule has 5 heterocycles. The Kier molecular flexibility index (Phi) is 6.37. The third kappa shape index (κ3) is 4.31. The molecule has 0 radical (unpaired) electrons. The Morgan fingerprint density at radius 1 is 0.463 bits per heavy atom. The summed E-state index contributed by atoms with van der Waals surface area (Å²) >= 11 is 3.62. The molecule has 0 fully saturated rings. The molecule has 0 saturated heterocycles. The van der Waals surface area contributed by atoms with Crippen molar-refractivity contribution in [3.05, 3.63) is 164 Å². The molecule has 5 nitrogen and oxygen atoms in total. The van der Waals surface area contributed by atoms with Crippen molar-refractivity contribution in [2.24, 2.45) is 0 Å². The molecule has 0 amide bonds. The number of rotatable bonds is 4. The normalized spacial score (nSPS) is 12.4. The first-order valence-corrected chi connectivity index (χ1v) is 19.6. The Morgan fingerprint density at radius 3 is 2.02 bits per heavy atom. The predicted octanol–water partition coefficient (Wildman–Crippen LogP) is 12.7. The maximum atomic E-state index is 5.27. The molecule has 0 bridgehead atoms. The van der Waals surface area contributed by atoms with Crippen LogP contribution in [0.4, 0.5) is 0 Å². The molecule has 0 atom stereocenters. The van der Waals surface area contributed by atoms with E-state index in [0.717, 1.165) is 33.7 Å². The summed E-state index contributed by atoms with van der Waals surface area (Å²) in [6.07, 6.45) is 0. The molecule has 0 unspecified atom stereocenters. The van der Waals surface area contributed by atoms with Crippen LogP contribution in [0, 0.1) is 0 Å². The largest absolute Gasteiger partial charge is 0.295 e. The van der Waals surface area contributed by atoms with E-state index >= 15 is 0 Å². The standard InChI is InChI=1S/C47H27N5S2/c1-3-13-28(14-4-1)44-48-45(50-46(49-44)35-21-11-19-32-31-17-8-10-23-38(31)54-43(32)35)29-25-26-39-37(27-29)52-42-34(20-12-24-40(42)53-39)41-33-18-7-9-22-36(33)51(47(41)52)30-15-5-2-6-16-30/h1-27H. The smallest absolute Gasteiger partial charge is 0.165 e. The molecule has 7 aromatic carbocycles. The van der Waals surface area contributed by atoms with Gasteiger partial charge in [0.2, 0.25) is 0 Å². The van der Waals surface area contributed by atoms with Gasteiger partial charge in [0, 0.05) is 68.5 Å². The van der Waals surface area contributed by atoms with E-state index in [2.05, 4.69) is 155 Å². The number of hydrogen-bond acceptors (Lipinski definition) is 5. The number of aromatic nitrogens is 5. The molecule has 0 spiro atoms. The van der Waals surface area contributed by atoms with Crippen molar-refractivity contribution in [1.29, 1.82) is 0 Å². The fraction of sp³-hybridized carbons (Fsp3) is 0. The highest BCUT2D eigenvalue weighted by Gasteiger charge is 2.28. The molecule has 7 heteroatoms. The molecule has 11 aromatic rings. The first kappa shape index (κ1) is 30.0. The highest BCUT2D eigenvalue weighted by molar-refractivity contribution is 7.99. The van der Waals surface area contributed by atoms with Gasteiger partial charge in [-0.25, -0.2) is 15.0 Å². The number of hydrogen-bond donors (Lipinski definition) is 0. The number of nitrogens with zero attached hydrogens (tertiary/aromatic N) is 5. The summed E-state index contributed by atoms with van der Waals surface area (Å²) in [6, 6.07) is 58.1. The maximum Gasteiger partial charge on any atom is 0.165 e. The summed E-state index contributed by atoms with van der Waals surface area (Å²) in [5, 5.41) is 6.22. The second-order valence-electron chi connectivity index (χ2n) is 13.6. The zero-order valence-electron chi connectivity index (χ0n) is 28.6. The van der Waals surface area contributed by atoms with Crippen LogP contribution in [0.25, 0.3) is 98.5 Å². The van der Waals surface area contributed by atoms with Crippen LogP contribution in [-0.4, -0.2) is 24.1 Å². The molecule has 54 heavy (non-hydrogen) atoms. The Bertz CT molecular complexity index is 3300. The van der Waals surface area contributed by atoms with Crippen LogP contribution < -0.4 is 0 Å². The van der Waals surface area contributed by atoms with Gasteiger partial charge in [0.1, 0.15) is 5.65 Å². The van der Waals surface area contributed by atoms with Gasteiger partial charge < -0.3 is 0 Å². The van der Waals surface area contributed by atoms with Crippen LogP contribution >= 0.6 is 23.1 Å². The lowest BCUT2D eigenvalue weighted by Gasteiger charge is -2.22. The van der Waals surface area contributed by atoms with Crippen molar-refractivity contribution in [2.45, 2.75) is 9.79 Å². The lowest BCUT2D eigenvalue weighted by molar-refractivity contribution is 1.02. The van der Waals surface area contributed by atoms with Crippen LogP contribution in [0.15, 0.2) is 174 Å². The minimum atomic E-state index is 0.645. The zero-order valence-corrected chi connectivity index (χ0v) is 30.3. The summed E-state index contributed by atoms with van der Waals surface area (Å²) in [6.45, 7) is 0. The Morgan fingerprint density at radius 2 is 1.15 bits per heavy atom. The van der Waals surface area contributed by atoms with Gasteiger partial charge in [0.25, 0.3) is 0 Å². The molecule has 0 N–H and O–H groups in total. The molecule has 0 saturated carbocycles. The topological polar surface area (TPSA) is 48.5 Å². The zero-order chi connectivity index (χ0) is 35.3. The Labute approximate surface area is 317 Å². The lowest BCUT2D eigenvalue weighted by Crippen LogP contribution is -2.06. The van der Waals surface area contributed by atoms with Gasteiger partial charge in [-0.2, -0.15) is 0 Å². The predicted molar refractivity (Wildman–Crippen MR) is 224 cm³/mol. The summed E-state index contributed by atoms with van der Waals surface area (Å²) in [7, 11) is 0. The van der Waals surface area contributed by atoms with Crippen molar-refractivity contribution in [3.8, 4) is 45.5 Å². The average molecular weight is 726 g/mol. The van der Waals surface area contributed by atoms with E-state index in [1.54, 1.807) is 11.3 Å². The van der Waals surface area contributed by atoms with Gasteiger partial charge in [0.05, 0.1) is 16.7 Å². The van der Waals surface area contributed by atoms with Crippen molar-refractivity contribution in [3.63, 3.8) is 0 Å².